The summed E-state index contributed by atoms with van der Waals surface area (Å²) in [5.41, 5.74) is 1.08. The molecule has 10 atom stereocenters. The summed E-state index contributed by atoms with van der Waals surface area (Å²) < 4.78 is 0. The molecule has 23 amide bonds. The van der Waals surface area contributed by atoms with Crippen molar-refractivity contribution in [3.8, 4) is 0 Å². The largest absolute Gasteiger partial charge is 0.394 e. The average Bonchev–Trinajstić information content (AvgIpc) is 1.74. The molecule has 778 valence electrons. The van der Waals surface area contributed by atoms with E-state index in [-0.39, 0.29) is 45.2 Å². The van der Waals surface area contributed by atoms with Crippen molar-refractivity contribution in [1.82, 2.24) is 106 Å². The molecule has 2 heterocycles. The number of rotatable bonds is 52. The summed E-state index contributed by atoms with van der Waals surface area (Å²) in [4.78, 5) is 316. The first-order valence-corrected chi connectivity index (χ1v) is 46.3. The lowest BCUT2D eigenvalue weighted by Gasteiger charge is -2.36. The van der Waals surface area contributed by atoms with Crippen molar-refractivity contribution in [3.63, 3.8) is 0 Å². The Balaban J connectivity index is 1.65. The lowest BCUT2D eigenvalue weighted by Crippen LogP contribution is -2.67. The van der Waals surface area contributed by atoms with Crippen LogP contribution in [0.5, 0.6) is 0 Å². The topological polar surface area (TPSA) is 714 Å². The molecule has 25 N–H and O–H groups in total. The van der Waals surface area contributed by atoms with E-state index in [0.29, 0.717) is 12.8 Å². The minimum atomic E-state index is -1.92. The molecule has 3 rings (SSSR count). The number of benzene rings is 1. The third-order valence-electron chi connectivity index (χ3n) is 23.3. The maximum absolute atomic E-state index is 14.5. The van der Waals surface area contributed by atoms with Crippen LogP contribution in [0.4, 0.5) is 0 Å². The Morgan fingerprint density at radius 2 is 0.683 bits per heavy atom. The quantitative estimate of drug-likeness (QED) is 0.0291. The number of nitrogens with one attached hydrogen (secondary N) is 18. The van der Waals surface area contributed by atoms with Crippen LogP contribution in [0.3, 0.4) is 0 Å². The van der Waals surface area contributed by atoms with Crippen LogP contribution in [0.15, 0.2) is 30.3 Å². The summed E-state index contributed by atoms with van der Waals surface area (Å²) >= 11 is 0. The van der Waals surface area contributed by atoms with Crippen LogP contribution < -0.4 is 113 Å². The first kappa shape index (κ1) is 120. The molecule has 10 unspecified atom stereocenters. The summed E-state index contributed by atoms with van der Waals surface area (Å²) in [7, 11) is 0. The number of hydrogen-bond donors (Lipinski definition) is 22. The zero-order valence-corrected chi connectivity index (χ0v) is 85.0. The van der Waals surface area contributed by atoms with Crippen molar-refractivity contribution in [2.45, 2.75) is 361 Å². The summed E-state index contributed by atoms with van der Waals surface area (Å²) in [6, 6.07) is -4.23. The maximum atomic E-state index is 14.5. The Morgan fingerprint density at radius 1 is 0.353 bits per heavy atom. The minimum absolute atomic E-state index is 0.0262. The van der Waals surface area contributed by atoms with Gasteiger partial charge >= 0.3 is 0 Å². The highest BCUT2D eigenvalue weighted by atomic mass is 16.3. The first-order chi connectivity index (χ1) is 63.6. The van der Waals surface area contributed by atoms with Crippen LogP contribution in [-0.2, 0) is 117 Å². The number of aliphatic hydroxyl groups excluding tert-OH is 1. The molecule has 2 aliphatic heterocycles. The zero-order chi connectivity index (χ0) is 107. The van der Waals surface area contributed by atoms with Crippen LogP contribution in [0.2, 0.25) is 0 Å². The Kier molecular flexibility index (Phi) is 43.2. The molecule has 2 fully saturated rings. The second kappa shape index (κ2) is 50.0. The van der Waals surface area contributed by atoms with E-state index in [1.54, 1.807) is 71.9 Å². The van der Waals surface area contributed by atoms with Crippen molar-refractivity contribution in [2.75, 3.05) is 26.2 Å². The number of likely N-dealkylation sites (tertiary alicyclic amines) is 2. The fraction of sp³-hybridized carbons (Fsp3) is 0.685. The van der Waals surface area contributed by atoms with Crippen molar-refractivity contribution in [3.05, 3.63) is 35.9 Å². The first-order valence-electron chi connectivity index (χ1n) is 46.3. The van der Waals surface area contributed by atoms with E-state index in [1.165, 1.54) is 148 Å². The predicted octanol–water partition coefficient (Wildman–Crippen LogP) is -4.94. The number of nitrogens with zero attached hydrogens (tertiary/aromatic N) is 2. The Hall–Kier alpha value is -13.0. The summed E-state index contributed by atoms with van der Waals surface area (Å²) in [6.45, 7) is 34.9. The van der Waals surface area contributed by atoms with Gasteiger partial charge in [-0.3, -0.25) is 110 Å². The van der Waals surface area contributed by atoms with E-state index in [2.05, 4.69) is 95.7 Å². The fourth-order valence-corrected chi connectivity index (χ4v) is 14.7. The molecule has 2 aliphatic rings. The van der Waals surface area contributed by atoms with Gasteiger partial charge in [0.25, 0.3) is 0 Å². The molecule has 0 bridgehead atoms. The van der Waals surface area contributed by atoms with E-state index in [0.717, 1.165) is 5.56 Å². The number of nitrogens with two attached hydrogens (primary N) is 3. The van der Waals surface area contributed by atoms with Gasteiger partial charge in [0.2, 0.25) is 136 Å². The predicted molar refractivity (Wildman–Crippen MR) is 506 cm³/mol. The van der Waals surface area contributed by atoms with Gasteiger partial charge in [-0.2, -0.15) is 0 Å². The Bertz CT molecular complexity index is 4730. The number of primary amides is 3. The monoisotopic (exact) mass is 1960 g/mol. The van der Waals surface area contributed by atoms with E-state index >= 15 is 0 Å². The highest BCUT2D eigenvalue weighted by Gasteiger charge is 2.50. The molecule has 0 spiro atoms. The Morgan fingerprint density at radius 3 is 1.10 bits per heavy atom. The molecule has 1 aromatic rings. The number of carbonyl (C=O) groups is 23. The van der Waals surface area contributed by atoms with Crippen LogP contribution in [0.25, 0.3) is 0 Å². The Labute approximate surface area is 811 Å². The standard InChI is InChI=1S/C92H151N23O24/c1-47(2)63(72(128)111-92(25,26)83(139)114-42-30-34-57(114)70(126)103-64(48(3)4)73(129)110-90(21,22)81(137)113-87(15,16)77(133)100-55(37-40-60(94)119)68(124)99-54(36-39-59(93)118)67(123)98-53(46-116)44-52-32-28-27-29-33-52)102-62(121)45-96-75(131)84(9,10)109-74(130)65(49(5)6)104-79(135)86(13,14)107-69(125)56(38-41-61(95)120)101-78(134)88(17,18)112-80(136)89(19,20)106-66(122)50(7)97-76(132)85(11,12)108-71(127)58-35-31-43-115(58)82(138)91(23,24)105-51(8)117/h27-29,32-33,47-50,53-58,63-65,116H,30-31,34-46H2,1-26H3,(H2,93,118)(H2,94,119)(H2,95,120)(H,96,131)(H,97,132)(H,98,123)(H,99,124)(H,100,133)(H,101,134)(H,102,121)(H,103,126)(H,104,135)(H,105,117)(H,106,122)(H,107,125)(H,108,127)(H,109,130)(H,110,129)(H,111,128)(H,112,136)(H,113,137). The van der Waals surface area contributed by atoms with E-state index in [9.17, 15) is 115 Å². The van der Waals surface area contributed by atoms with E-state index in [1.807, 2.05) is 0 Å². The van der Waals surface area contributed by atoms with Crippen molar-refractivity contribution in [1.29, 1.82) is 0 Å². The molecule has 2 saturated heterocycles. The molecule has 0 aliphatic carbocycles. The SMILES string of the molecule is CC(=O)NC(C)(C)C(=O)N1CCCC1C(=O)NC(C)(C)C(=O)NC(C)C(=O)NC(C)(C)C(=O)NC(C)(C)C(=O)NC(CCC(N)=O)C(=O)NC(C)(C)C(=O)NC(C(=O)NC(C)(C)C(=O)NCC(=O)NC(C(=O)NC(C)(C)C(=O)N1CCCC1C(=O)NC(C(=O)NC(C)(C)C(=O)NC(C)(C)C(=O)NC(CCC(N)=O)C(=O)NC(CCC(N)=O)C(=O)NC(CO)Cc1ccccc1)C(C)C)C(C)C)C(C)C. The number of hydrogen-bond acceptors (Lipinski definition) is 24. The number of carbonyl (C=O) groups excluding carboxylic acids is 23. The van der Waals surface area contributed by atoms with Gasteiger partial charge in [0, 0.05) is 39.3 Å². The van der Waals surface area contributed by atoms with Gasteiger partial charge in [-0.05, 0) is 206 Å². The minimum Gasteiger partial charge on any atom is -0.394 e. The highest BCUT2D eigenvalue weighted by molar-refractivity contribution is 6.05. The number of amides is 23. The summed E-state index contributed by atoms with van der Waals surface area (Å²) in [5.74, 6) is -21.5. The number of aliphatic hydroxyl groups is 1. The summed E-state index contributed by atoms with van der Waals surface area (Å²) in [6.07, 6.45) is -1.07. The van der Waals surface area contributed by atoms with Gasteiger partial charge in [-0.25, -0.2) is 0 Å². The van der Waals surface area contributed by atoms with Crippen LogP contribution >= 0.6 is 0 Å². The van der Waals surface area contributed by atoms with Gasteiger partial charge in [0.15, 0.2) is 0 Å². The third-order valence-corrected chi connectivity index (χ3v) is 23.3. The molecule has 0 aromatic heterocycles. The zero-order valence-electron chi connectivity index (χ0n) is 85.0. The second-order valence-corrected chi connectivity index (χ2v) is 41.3. The van der Waals surface area contributed by atoms with Crippen LogP contribution in [0.1, 0.15) is 250 Å². The molecule has 0 saturated carbocycles. The maximum Gasteiger partial charge on any atom is 0.248 e. The van der Waals surface area contributed by atoms with E-state index < -0.39 is 303 Å². The van der Waals surface area contributed by atoms with Gasteiger partial charge in [0.1, 0.15) is 104 Å². The van der Waals surface area contributed by atoms with Crippen LogP contribution in [0, 0.1) is 17.8 Å². The normalized spacial score (nSPS) is 16.1. The lowest BCUT2D eigenvalue weighted by molar-refractivity contribution is -0.146. The van der Waals surface area contributed by atoms with Gasteiger partial charge in [-0.15, -0.1) is 0 Å². The molecule has 47 nitrogen and oxygen atoms in total. The molecular formula is C92H151N23O24. The fourth-order valence-electron chi connectivity index (χ4n) is 14.7. The molecule has 1 aromatic carbocycles. The highest BCUT2D eigenvalue weighted by Crippen LogP contribution is 2.27. The summed E-state index contributed by atoms with van der Waals surface area (Å²) in [5, 5.41) is 56.1. The molecular weight excluding hydrogens is 1810 g/mol. The molecule has 139 heavy (non-hydrogen) atoms. The van der Waals surface area contributed by atoms with Gasteiger partial charge in [-0.1, -0.05) is 71.9 Å². The lowest BCUT2D eigenvalue weighted by atomic mass is 9.96. The average molecular weight is 1960 g/mol. The molecule has 0 radical (unpaired) electrons. The van der Waals surface area contributed by atoms with Crippen molar-refractivity contribution in [2.24, 2.45) is 35.0 Å². The van der Waals surface area contributed by atoms with Gasteiger partial charge < -0.3 is 128 Å². The third kappa shape index (κ3) is 36.4. The van der Waals surface area contributed by atoms with Crippen LogP contribution in [-0.4, -0.2) is 287 Å². The van der Waals surface area contributed by atoms with Gasteiger partial charge in [0.05, 0.1) is 19.2 Å². The second-order valence-electron chi connectivity index (χ2n) is 41.3. The smallest absolute Gasteiger partial charge is 0.248 e. The van der Waals surface area contributed by atoms with E-state index in [4.69, 9.17) is 17.2 Å². The van der Waals surface area contributed by atoms with Crippen molar-refractivity contribution < 1.29 is 115 Å². The molecule has 47 heteroatoms. The van der Waals surface area contributed by atoms with Crippen molar-refractivity contribution >= 4 is 136 Å².